The number of aliphatic hydroxyl groups excluding tert-OH is 2. The number of nitrogens with one attached hydrogen (secondary N) is 1. The zero-order valence-electron chi connectivity index (χ0n) is 49.4. The quantitative estimate of drug-likeness (QED) is 0.0320. The zero-order chi connectivity index (χ0) is 52.9. The third-order valence-corrected chi connectivity index (χ3v) is 15.5. The van der Waals surface area contributed by atoms with Gasteiger partial charge in [0.05, 0.1) is 25.4 Å². The number of hydrogen-bond donors (Lipinski definition) is 3. The molecule has 0 aliphatic heterocycles. The maximum absolute atomic E-state index is 12.5. The Kier molecular flexibility index (Phi) is 61.4. The first kappa shape index (κ1) is 71.3. The summed E-state index contributed by atoms with van der Waals surface area (Å²) in [4.78, 5) is 24.6. The molecule has 432 valence electrons. The van der Waals surface area contributed by atoms with E-state index >= 15 is 0 Å². The number of amides is 1. The summed E-state index contributed by atoms with van der Waals surface area (Å²) in [6, 6.07) is -0.553. The number of hydrogen-bond acceptors (Lipinski definition) is 5. The molecule has 0 saturated carbocycles. The second-order valence-corrected chi connectivity index (χ2v) is 22.8. The first-order chi connectivity index (χ1) is 36.0. The minimum Gasteiger partial charge on any atom is -0.466 e. The van der Waals surface area contributed by atoms with Gasteiger partial charge in [0.2, 0.25) is 5.91 Å². The largest absolute Gasteiger partial charge is 0.466 e. The molecule has 0 aromatic rings. The lowest BCUT2D eigenvalue weighted by molar-refractivity contribution is -0.143. The molecule has 0 saturated heterocycles. The highest BCUT2D eigenvalue weighted by atomic mass is 16.5. The van der Waals surface area contributed by atoms with E-state index in [1.54, 1.807) is 0 Å². The Morgan fingerprint density at radius 3 is 0.973 bits per heavy atom. The molecule has 73 heavy (non-hydrogen) atoms. The summed E-state index contributed by atoms with van der Waals surface area (Å²) >= 11 is 0. The summed E-state index contributed by atoms with van der Waals surface area (Å²) in [6.07, 6.45) is 77.7. The number of esters is 1. The Balaban J connectivity index is 3.44. The van der Waals surface area contributed by atoms with E-state index in [-0.39, 0.29) is 18.5 Å². The molecule has 0 aromatic carbocycles. The van der Waals surface area contributed by atoms with E-state index in [0.717, 1.165) is 57.8 Å². The molecular weight excluding hydrogens is 899 g/mol. The van der Waals surface area contributed by atoms with Gasteiger partial charge in [-0.3, -0.25) is 9.59 Å². The van der Waals surface area contributed by atoms with Crippen molar-refractivity contribution in [1.82, 2.24) is 5.32 Å². The molecule has 0 fully saturated rings. The molecule has 0 rings (SSSR count). The number of ether oxygens (including phenoxy) is 1. The first-order valence-corrected chi connectivity index (χ1v) is 33.1. The normalized spacial score (nSPS) is 12.7. The summed E-state index contributed by atoms with van der Waals surface area (Å²) in [6.45, 7) is 4.96. The summed E-state index contributed by atoms with van der Waals surface area (Å²) in [5.74, 6) is -0.0452. The maximum Gasteiger partial charge on any atom is 0.305 e. The molecule has 0 radical (unpaired) electrons. The minimum absolute atomic E-state index is 0.000541. The van der Waals surface area contributed by atoms with Crippen molar-refractivity contribution < 1.29 is 24.5 Å². The lowest BCUT2D eigenvalue weighted by Gasteiger charge is -2.22. The summed E-state index contributed by atoms with van der Waals surface area (Å²) < 4.78 is 5.49. The lowest BCUT2D eigenvalue weighted by Crippen LogP contribution is -2.45. The molecule has 3 N–H and O–H groups in total. The Labute approximate surface area is 456 Å². The fourth-order valence-corrected chi connectivity index (χ4v) is 10.4. The Morgan fingerprint density at radius 1 is 0.370 bits per heavy atom. The van der Waals surface area contributed by atoms with Gasteiger partial charge in [-0.25, -0.2) is 0 Å². The molecule has 0 aliphatic rings. The average molecular weight is 1030 g/mol. The number of carbonyl (C=O) groups is 2. The van der Waals surface area contributed by atoms with Gasteiger partial charge in [0.15, 0.2) is 0 Å². The van der Waals surface area contributed by atoms with Crippen LogP contribution in [0.2, 0.25) is 0 Å². The predicted octanol–water partition coefficient (Wildman–Crippen LogP) is 21.0. The molecule has 0 aliphatic carbocycles. The van der Waals surface area contributed by atoms with Crippen molar-refractivity contribution in [2.24, 2.45) is 0 Å². The number of allylic oxidation sites excluding steroid dienone is 4. The van der Waals surface area contributed by atoms with E-state index in [1.165, 1.54) is 276 Å². The van der Waals surface area contributed by atoms with Crippen LogP contribution in [0, 0.1) is 0 Å². The SMILES string of the molecule is CCCCCCCC/C=C\CCCCCCCCCC(=O)OCCCCCCCCCCC/C=C\CCCCCCCC(=O)NC(CO)C(O)CCCCCCCCCCCCCCCCCCCCCCC. The van der Waals surface area contributed by atoms with Crippen LogP contribution in [0.3, 0.4) is 0 Å². The van der Waals surface area contributed by atoms with E-state index in [1.807, 2.05) is 0 Å². The summed E-state index contributed by atoms with van der Waals surface area (Å²) in [5.41, 5.74) is 0. The highest BCUT2D eigenvalue weighted by Crippen LogP contribution is 2.18. The Hall–Kier alpha value is -1.66. The number of aliphatic hydroxyl groups is 2. The van der Waals surface area contributed by atoms with Crippen LogP contribution in [-0.2, 0) is 14.3 Å². The van der Waals surface area contributed by atoms with Gasteiger partial charge in [0.25, 0.3) is 0 Å². The molecule has 6 heteroatoms. The van der Waals surface area contributed by atoms with Gasteiger partial charge in [-0.15, -0.1) is 0 Å². The predicted molar refractivity (Wildman–Crippen MR) is 320 cm³/mol. The van der Waals surface area contributed by atoms with Crippen molar-refractivity contribution in [1.29, 1.82) is 0 Å². The van der Waals surface area contributed by atoms with E-state index in [9.17, 15) is 19.8 Å². The van der Waals surface area contributed by atoms with Crippen LogP contribution in [0.1, 0.15) is 367 Å². The number of carbonyl (C=O) groups excluding carboxylic acids is 2. The molecule has 1 amide bonds. The zero-order valence-corrected chi connectivity index (χ0v) is 49.4. The second-order valence-electron chi connectivity index (χ2n) is 22.8. The van der Waals surface area contributed by atoms with E-state index < -0.39 is 12.1 Å². The van der Waals surface area contributed by atoms with Crippen molar-refractivity contribution in [3.63, 3.8) is 0 Å². The minimum atomic E-state index is -0.674. The van der Waals surface area contributed by atoms with Gasteiger partial charge >= 0.3 is 5.97 Å². The van der Waals surface area contributed by atoms with E-state index in [4.69, 9.17) is 4.74 Å². The molecule has 0 heterocycles. The second kappa shape index (κ2) is 62.9. The van der Waals surface area contributed by atoms with Crippen molar-refractivity contribution in [3.05, 3.63) is 24.3 Å². The van der Waals surface area contributed by atoms with Crippen LogP contribution in [0.4, 0.5) is 0 Å². The molecule has 2 unspecified atom stereocenters. The Bertz CT molecular complexity index is 1140. The van der Waals surface area contributed by atoms with Crippen LogP contribution < -0.4 is 5.32 Å². The van der Waals surface area contributed by atoms with E-state index in [2.05, 4.69) is 43.5 Å². The fourth-order valence-electron chi connectivity index (χ4n) is 10.4. The van der Waals surface area contributed by atoms with Crippen LogP contribution in [0.25, 0.3) is 0 Å². The highest BCUT2D eigenvalue weighted by molar-refractivity contribution is 5.76. The van der Waals surface area contributed by atoms with Crippen LogP contribution >= 0.6 is 0 Å². The van der Waals surface area contributed by atoms with Gasteiger partial charge in [-0.1, -0.05) is 301 Å². The van der Waals surface area contributed by atoms with Crippen molar-refractivity contribution in [3.8, 4) is 0 Å². The fraction of sp³-hybridized carbons (Fsp3) is 0.910. The molecule has 0 aromatic heterocycles. The summed E-state index contributed by atoms with van der Waals surface area (Å²) in [7, 11) is 0. The van der Waals surface area contributed by atoms with E-state index in [0.29, 0.717) is 25.9 Å². The maximum atomic E-state index is 12.5. The van der Waals surface area contributed by atoms with Gasteiger partial charge in [0, 0.05) is 12.8 Å². The average Bonchev–Trinajstić information content (AvgIpc) is 3.39. The standard InChI is InChI=1S/C67H129NO5/c1-3-5-7-9-11-13-15-17-19-21-22-23-24-28-31-35-39-43-47-51-55-59-65(70)64(63-69)68-66(71)60-56-52-48-44-40-36-32-29-25-26-30-34-38-42-46-50-54-58-62-73-67(72)61-57-53-49-45-41-37-33-27-20-18-16-14-12-10-8-6-4-2/h18,20,29,32,64-65,69-70H,3-17,19,21-28,30-31,33-63H2,1-2H3,(H,68,71)/b20-18-,32-29-. The molecular formula is C67H129NO5. The topological polar surface area (TPSA) is 95.9 Å². The van der Waals surface area contributed by atoms with Crippen LogP contribution in [0.5, 0.6) is 0 Å². The molecule has 2 atom stereocenters. The third kappa shape index (κ3) is 59.4. The van der Waals surface area contributed by atoms with Gasteiger partial charge in [0.1, 0.15) is 0 Å². The first-order valence-electron chi connectivity index (χ1n) is 33.1. The summed E-state index contributed by atoms with van der Waals surface area (Å²) in [5, 5.41) is 23.4. The number of unbranched alkanes of at least 4 members (excludes halogenated alkanes) is 47. The van der Waals surface area contributed by atoms with Crippen LogP contribution in [0.15, 0.2) is 24.3 Å². The van der Waals surface area contributed by atoms with Gasteiger partial charge in [-0.05, 0) is 77.0 Å². The van der Waals surface area contributed by atoms with Gasteiger partial charge < -0.3 is 20.3 Å². The molecule has 0 spiro atoms. The van der Waals surface area contributed by atoms with Crippen LogP contribution in [-0.4, -0.2) is 47.4 Å². The molecule has 0 bridgehead atoms. The Morgan fingerprint density at radius 2 is 0.644 bits per heavy atom. The van der Waals surface area contributed by atoms with Crippen molar-refractivity contribution >= 4 is 11.9 Å². The lowest BCUT2D eigenvalue weighted by atomic mass is 10.0. The van der Waals surface area contributed by atoms with Crippen molar-refractivity contribution in [2.45, 2.75) is 379 Å². The van der Waals surface area contributed by atoms with Crippen molar-refractivity contribution in [2.75, 3.05) is 13.2 Å². The molecule has 6 nitrogen and oxygen atoms in total. The highest BCUT2D eigenvalue weighted by Gasteiger charge is 2.20. The number of rotatable bonds is 62. The monoisotopic (exact) mass is 1030 g/mol. The smallest absolute Gasteiger partial charge is 0.305 e. The van der Waals surface area contributed by atoms with Gasteiger partial charge in [-0.2, -0.15) is 0 Å². The third-order valence-electron chi connectivity index (χ3n) is 15.5.